The van der Waals surface area contributed by atoms with Gasteiger partial charge in [0, 0.05) is 24.7 Å². The average molecular weight is 378 g/mol. The van der Waals surface area contributed by atoms with Gasteiger partial charge in [-0.1, -0.05) is 18.2 Å². The normalized spacial score (nSPS) is 11.0. The van der Waals surface area contributed by atoms with Crippen LogP contribution < -0.4 is 19.5 Å². The van der Waals surface area contributed by atoms with E-state index in [0.717, 1.165) is 5.56 Å². The van der Waals surface area contributed by atoms with Crippen LogP contribution in [-0.2, 0) is 14.8 Å². The van der Waals surface area contributed by atoms with Crippen molar-refractivity contribution in [3.05, 3.63) is 48.0 Å². The lowest BCUT2D eigenvalue weighted by atomic mass is 10.2. The van der Waals surface area contributed by atoms with Crippen LogP contribution in [0.3, 0.4) is 0 Å². The zero-order valence-electron chi connectivity index (χ0n) is 14.9. The minimum Gasteiger partial charge on any atom is -0.497 e. The summed E-state index contributed by atoms with van der Waals surface area (Å²) < 4.78 is 37.6. The first kappa shape index (κ1) is 19.7. The molecule has 0 aromatic heterocycles. The van der Waals surface area contributed by atoms with Gasteiger partial charge in [0.1, 0.15) is 16.4 Å². The van der Waals surface area contributed by atoms with Crippen molar-refractivity contribution in [3.63, 3.8) is 0 Å². The van der Waals surface area contributed by atoms with E-state index in [0.29, 0.717) is 11.4 Å². The minimum absolute atomic E-state index is 0.000151. The Bertz CT molecular complexity index is 881. The second-order valence-corrected chi connectivity index (χ2v) is 7.26. The van der Waals surface area contributed by atoms with Crippen molar-refractivity contribution < 1.29 is 22.7 Å². The summed E-state index contributed by atoms with van der Waals surface area (Å²) in [5.41, 5.74) is 1.64. The lowest BCUT2D eigenvalue weighted by Gasteiger charge is -2.12. The van der Waals surface area contributed by atoms with Gasteiger partial charge >= 0.3 is 0 Å². The summed E-state index contributed by atoms with van der Waals surface area (Å²) in [4.78, 5) is 12.0. The van der Waals surface area contributed by atoms with Crippen LogP contribution in [0, 0.1) is 6.92 Å². The maximum atomic E-state index is 12.5. The number of para-hydroxylation sites is 1. The highest BCUT2D eigenvalue weighted by atomic mass is 32.2. The number of sulfonamides is 1. The number of amides is 1. The summed E-state index contributed by atoms with van der Waals surface area (Å²) >= 11 is 0. The van der Waals surface area contributed by atoms with Crippen molar-refractivity contribution in [2.45, 2.75) is 18.2 Å². The number of anilines is 1. The third kappa shape index (κ3) is 4.96. The fraction of sp³-hybridized carbons (Fsp3) is 0.278. The molecule has 0 aliphatic heterocycles. The number of aryl methyl sites for hydroxylation is 1. The van der Waals surface area contributed by atoms with Gasteiger partial charge in [-0.05, 0) is 30.7 Å². The van der Waals surface area contributed by atoms with Gasteiger partial charge in [-0.15, -0.1) is 0 Å². The van der Waals surface area contributed by atoms with Crippen molar-refractivity contribution in [3.8, 4) is 11.5 Å². The van der Waals surface area contributed by atoms with Crippen LogP contribution in [0.4, 0.5) is 5.69 Å². The summed E-state index contributed by atoms with van der Waals surface area (Å²) in [6, 6.07) is 11.9. The molecule has 2 rings (SSSR count). The van der Waals surface area contributed by atoms with Crippen LogP contribution in [0.25, 0.3) is 0 Å². The standard InChI is InChI=1S/C18H22N2O5S/c1-13-6-4-5-7-15(13)20-18(21)10-11-19-26(22,23)17-12-14(24-2)8-9-16(17)25-3/h4-9,12,19H,10-11H2,1-3H3,(H,20,21). The van der Waals surface area contributed by atoms with Gasteiger partial charge in [-0.3, -0.25) is 4.79 Å². The van der Waals surface area contributed by atoms with Crippen LogP contribution in [0.1, 0.15) is 12.0 Å². The van der Waals surface area contributed by atoms with Gasteiger partial charge in [0.15, 0.2) is 0 Å². The Hall–Kier alpha value is -2.58. The number of benzene rings is 2. The third-order valence-electron chi connectivity index (χ3n) is 3.72. The molecule has 0 saturated carbocycles. The second-order valence-electron chi connectivity index (χ2n) is 5.53. The quantitative estimate of drug-likeness (QED) is 0.735. The van der Waals surface area contributed by atoms with Gasteiger partial charge in [0.05, 0.1) is 14.2 Å². The SMILES string of the molecule is COc1ccc(OC)c(S(=O)(=O)NCCC(=O)Nc2ccccc2C)c1. The number of carbonyl (C=O) groups excluding carboxylic acids is 1. The first-order valence-corrected chi connectivity index (χ1v) is 9.43. The van der Waals surface area contributed by atoms with Gasteiger partial charge < -0.3 is 14.8 Å². The molecule has 26 heavy (non-hydrogen) atoms. The maximum absolute atomic E-state index is 12.5. The van der Waals surface area contributed by atoms with Crippen molar-refractivity contribution in [2.24, 2.45) is 0 Å². The molecule has 0 heterocycles. The summed E-state index contributed by atoms with van der Waals surface area (Å²) in [5, 5.41) is 2.76. The number of carbonyl (C=O) groups is 1. The molecule has 0 fully saturated rings. The number of ether oxygens (including phenoxy) is 2. The summed E-state index contributed by atoms with van der Waals surface area (Å²) in [5.74, 6) is 0.311. The monoisotopic (exact) mass is 378 g/mol. The lowest BCUT2D eigenvalue weighted by Crippen LogP contribution is -2.28. The van der Waals surface area contributed by atoms with E-state index in [4.69, 9.17) is 9.47 Å². The molecule has 2 aromatic carbocycles. The molecule has 0 aliphatic rings. The molecule has 0 radical (unpaired) electrons. The molecule has 0 atom stereocenters. The number of methoxy groups -OCH3 is 2. The molecular formula is C18H22N2O5S. The smallest absolute Gasteiger partial charge is 0.244 e. The Morgan fingerprint density at radius 3 is 2.46 bits per heavy atom. The third-order valence-corrected chi connectivity index (χ3v) is 5.21. The Kier molecular flexibility index (Phi) is 6.59. The predicted octanol–water partition coefficient (Wildman–Crippen LogP) is 2.32. The Balaban J connectivity index is 2.00. The minimum atomic E-state index is -3.85. The molecule has 0 bridgehead atoms. The predicted molar refractivity (Wildman–Crippen MR) is 99.2 cm³/mol. The topological polar surface area (TPSA) is 93.7 Å². The van der Waals surface area contributed by atoms with E-state index in [1.165, 1.54) is 26.4 Å². The molecule has 0 spiro atoms. The van der Waals surface area contributed by atoms with E-state index in [1.54, 1.807) is 12.1 Å². The Morgan fingerprint density at radius 1 is 1.08 bits per heavy atom. The van der Waals surface area contributed by atoms with E-state index in [1.807, 2.05) is 25.1 Å². The van der Waals surface area contributed by atoms with Crippen LogP contribution in [0.15, 0.2) is 47.4 Å². The van der Waals surface area contributed by atoms with Crippen molar-refractivity contribution in [2.75, 3.05) is 26.1 Å². The molecule has 0 unspecified atom stereocenters. The van der Waals surface area contributed by atoms with Crippen molar-refractivity contribution in [1.29, 1.82) is 0 Å². The summed E-state index contributed by atoms with van der Waals surface area (Å²) in [6.07, 6.45) is -0.000151. The van der Waals surface area contributed by atoms with Gasteiger partial charge in [0.25, 0.3) is 0 Å². The molecule has 7 nitrogen and oxygen atoms in total. The molecule has 2 N–H and O–H groups in total. The van der Waals surface area contributed by atoms with Crippen molar-refractivity contribution >= 4 is 21.6 Å². The fourth-order valence-electron chi connectivity index (χ4n) is 2.30. The highest BCUT2D eigenvalue weighted by Gasteiger charge is 2.20. The lowest BCUT2D eigenvalue weighted by molar-refractivity contribution is -0.116. The number of rotatable bonds is 8. The average Bonchev–Trinajstić information content (AvgIpc) is 2.63. The molecule has 1 amide bonds. The first-order valence-electron chi connectivity index (χ1n) is 7.94. The Morgan fingerprint density at radius 2 is 1.81 bits per heavy atom. The van der Waals surface area contributed by atoms with E-state index < -0.39 is 10.0 Å². The molecule has 0 aliphatic carbocycles. The summed E-state index contributed by atoms with van der Waals surface area (Å²) in [6.45, 7) is 1.84. The zero-order valence-corrected chi connectivity index (χ0v) is 15.7. The molecule has 140 valence electrons. The van der Waals surface area contributed by atoms with Crippen LogP contribution in [-0.4, -0.2) is 35.1 Å². The van der Waals surface area contributed by atoms with Gasteiger partial charge in [-0.2, -0.15) is 0 Å². The number of nitrogens with one attached hydrogen (secondary N) is 2. The molecule has 0 saturated heterocycles. The molecular weight excluding hydrogens is 356 g/mol. The van der Waals surface area contributed by atoms with E-state index in [2.05, 4.69) is 10.0 Å². The summed E-state index contributed by atoms with van der Waals surface area (Å²) in [7, 11) is -1.02. The van der Waals surface area contributed by atoms with E-state index in [9.17, 15) is 13.2 Å². The van der Waals surface area contributed by atoms with Gasteiger partial charge in [0.2, 0.25) is 15.9 Å². The highest BCUT2D eigenvalue weighted by molar-refractivity contribution is 7.89. The van der Waals surface area contributed by atoms with Crippen molar-refractivity contribution in [1.82, 2.24) is 4.72 Å². The van der Waals surface area contributed by atoms with Gasteiger partial charge in [-0.25, -0.2) is 13.1 Å². The molecule has 8 heteroatoms. The van der Waals surface area contributed by atoms with Crippen LogP contribution in [0.5, 0.6) is 11.5 Å². The maximum Gasteiger partial charge on any atom is 0.244 e. The van der Waals surface area contributed by atoms with Crippen LogP contribution >= 0.6 is 0 Å². The number of hydrogen-bond donors (Lipinski definition) is 2. The number of hydrogen-bond acceptors (Lipinski definition) is 5. The highest BCUT2D eigenvalue weighted by Crippen LogP contribution is 2.27. The van der Waals surface area contributed by atoms with E-state index in [-0.39, 0.29) is 29.5 Å². The zero-order chi connectivity index (χ0) is 19.2. The molecule has 2 aromatic rings. The fourth-order valence-corrected chi connectivity index (χ4v) is 3.51. The van der Waals surface area contributed by atoms with E-state index >= 15 is 0 Å². The van der Waals surface area contributed by atoms with Crippen LogP contribution in [0.2, 0.25) is 0 Å². The Labute approximate surface area is 153 Å². The second kappa shape index (κ2) is 8.68. The largest absolute Gasteiger partial charge is 0.497 e. The first-order chi connectivity index (χ1) is 12.4.